The lowest BCUT2D eigenvalue weighted by atomic mass is 9.98. The molecule has 0 aliphatic carbocycles. The molecule has 1 atom stereocenters. The Bertz CT molecular complexity index is 218. The van der Waals surface area contributed by atoms with Crippen LogP contribution in [-0.2, 0) is 6.42 Å². The van der Waals surface area contributed by atoms with Crippen molar-refractivity contribution in [2.24, 2.45) is 5.73 Å². The van der Waals surface area contributed by atoms with Crippen LogP contribution in [0, 0.1) is 0 Å². The molecule has 1 unspecified atom stereocenters. The molecule has 3 N–H and O–H groups in total. The van der Waals surface area contributed by atoms with Crippen LogP contribution >= 0.6 is 11.3 Å². The highest BCUT2D eigenvalue weighted by atomic mass is 32.1. The average Bonchev–Trinajstić information content (AvgIpc) is 2.53. The van der Waals surface area contributed by atoms with Crippen molar-refractivity contribution in [2.45, 2.75) is 25.3 Å². The third kappa shape index (κ3) is 2.93. The predicted octanol–water partition coefficient (Wildman–Crippen LogP) is 1.39. The summed E-state index contributed by atoms with van der Waals surface area (Å²) in [5.41, 5.74) is 5.36. The highest BCUT2D eigenvalue weighted by Gasteiger charge is 2.16. The molecule has 0 aliphatic heterocycles. The molecule has 0 fully saturated rings. The van der Waals surface area contributed by atoms with Gasteiger partial charge in [0.15, 0.2) is 0 Å². The van der Waals surface area contributed by atoms with Crippen LogP contribution in [0.5, 0.6) is 0 Å². The summed E-state index contributed by atoms with van der Waals surface area (Å²) in [5.74, 6) is 0. The van der Waals surface area contributed by atoms with Gasteiger partial charge in [-0.2, -0.15) is 0 Å². The van der Waals surface area contributed by atoms with Gasteiger partial charge in [-0.3, -0.25) is 0 Å². The topological polar surface area (TPSA) is 46.2 Å². The van der Waals surface area contributed by atoms with Crippen LogP contribution in [0.4, 0.5) is 0 Å². The Labute approximate surface area is 77.0 Å². The molecule has 0 aliphatic rings. The van der Waals surface area contributed by atoms with Crippen molar-refractivity contribution >= 4 is 11.3 Å². The number of aryl methyl sites for hydroxylation is 1. The molecule has 0 radical (unpaired) electrons. The molecule has 12 heavy (non-hydrogen) atoms. The van der Waals surface area contributed by atoms with E-state index in [2.05, 4.69) is 11.4 Å². The highest BCUT2D eigenvalue weighted by molar-refractivity contribution is 7.09. The van der Waals surface area contributed by atoms with Gasteiger partial charge in [-0.25, -0.2) is 0 Å². The lowest BCUT2D eigenvalue weighted by Gasteiger charge is -2.20. The number of rotatable bonds is 4. The van der Waals surface area contributed by atoms with Crippen LogP contribution in [-0.4, -0.2) is 17.3 Å². The predicted molar refractivity (Wildman–Crippen MR) is 52.3 cm³/mol. The number of thiophene rings is 1. The van der Waals surface area contributed by atoms with Crippen molar-refractivity contribution in [3.05, 3.63) is 22.4 Å². The quantitative estimate of drug-likeness (QED) is 0.744. The lowest BCUT2D eigenvalue weighted by molar-refractivity contribution is 0.201. The van der Waals surface area contributed by atoms with Crippen molar-refractivity contribution in [3.8, 4) is 0 Å². The minimum absolute atomic E-state index is 0.0539. The smallest absolute Gasteiger partial charge is 0.0608 e. The van der Waals surface area contributed by atoms with Crippen LogP contribution in [0.15, 0.2) is 17.5 Å². The van der Waals surface area contributed by atoms with Crippen LogP contribution < -0.4 is 5.73 Å². The Morgan fingerprint density at radius 1 is 1.67 bits per heavy atom. The molecule has 1 rings (SSSR count). The van der Waals surface area contributed by atoms with Crippen molar-refractivity contribution < 1.29 is 5.11 Å². The van der Waals surface area contributed by atoms with Gasteiger partial charge < -0.3 is 10.8 Å². The molecule has 1 aromatic heterocycles. The van der Waals surface area contributed by atoms with Crippen LogP contribution in [0.1, 0.15) is 18.2 Å². The van der Waals surface area contributed by atoms with E-state index in [1.54, 1.807) is 11.3 Å². The SMILES string of the molecule is CC(N)(CO)CCc1cccs1. The molecular formula is C9H15NOS. The fourth-order valence-electron chi connectivity index (χ4n) is 0.943. The molecule has 0 saturated carbocycles. The second kappa shape index (κ2) is 4.03. The second-order valence-corrected chi connectivity index (χ2v) is 4.42. The first-order chi connectivity index (χ1) is 5.64. The van der Waals surface area contributed by atoms with Crippen molar-refractivity contribution in [1.29, 1.82) is 0 Å². The fraction of sp³-hybridized carbons (Fsp3) is 0.556. The number of aliphatic hydroxyl groups excluding tert-OH is 1. The van der Waals surface area contributed by atoms with E-state index in [4.69, 9.17) is 10.8 Å². The Kier molecular flexibility index (Phi) is 3.26. The maximum Gasteiger partial charge on any atom is 0.0608 e. The molecule has 0 aromatic carbocycles. The van der Waals surface area contributed by atoms with E-state index in [1.165, 1.54) is 4.88 Å². The zero-order valence-corrected chi connectivity index (χ0v) is 8.10. The molecule has 0 amide bonds. The molecule has 68 valence electrons. The van der Waals surface area contributed by atoms with Crippen molar-refractivity contribution in [1.82, 2.24) is 0 Å². The van der Waals surface area contributed by atoms with Crippen LogP contribution in [0.3, 0.4) is 0 Å². The summed E-state index contributed by atoms with van der Waals surface area (Å²) < 4.78 is 0. The van der Waals surface area contributed by atoms with Crippen molar-refractivity contribution in [3.63, 3.8) is 0 Å². The number of aliphatic hydroxyl groups is 1. The summed E-state index contributed by atoms with van der Waals surface area (Å²) in [6, 6.07) is 4.13. The second-order valence-electron chi connectivity index (χ2n) is 3.39. The highest BCUT2D eigenvalue weighted by Crippen LogP contribution is 2.15. The van der Waals surface area contributed by atoms with E-state index in [9.17, 15) is 0 Å². The summed E-state index contributed by atoms with van der Waals surface area (Å²) >= 11 is 1.74. The minimum Gasteiger partial charge on any atom is -0.394 e. The number of hydrogen-bond acceptors (Lipinski definition) is 3. The third-order valence-corrected chi connectivity index (χ3v) is 2.82. The van der Waals surface area contributed by atoms with Gasteiger partial charge in [-0.1, -0.05) is 6.07 Å². The molecule has 1 heterocycles. The van der Waals surface area contributed by atoms with Crippen molar-refractivity contribution in [2.75, 3.05) is 6.61 Å². The van der Waals surface area contributed by atoms with Gasteiger partial charge in [0.1, 0.15) is 0 Å². The van der Waals surface area contributed by atoms with Gasteiger partial charge in [0.05, 0.1) is 6.61 Å². The Balaban J connectivity index is 2.36. The van der Waals surface area contributed by atoms with E-state index in [0.717, 1.165) is 12.8 Å². The Morgan fingerprint density at radius 2 is 2.42 bits per heavy atom. The normalized spacial score (nSPS) is 15.9. The van der Waals surface area contributed by atoms with Gasteiger partial charge in [-0.15, -0.1) is 11.3 Å². The zero-order chi connectivity index (χ0) is 9.03. The third-order valence-electron chi connectivity index (χ3n) is 1.88. The van der Waals surface area contributed by atoms with E-state index < -0.39 is 5.54 Å². The first kappa shape index (κ1) is 9.71. The molecular weight excluding hydrogens is 170 g/mol. The molecule has 2 nitrogen and oxygen atoms in total. The maximum absolute atomic E-state index is 8.90. The Hall–Kier alpha value is -0.380. The van der Waals surface area contributed by atoms with Gasteiger partial charge in [0.25, 0.3) is 0 Å². The Morgan fingerprint density at radius 3 is 2.92 bits per heavy atom. The van der Waals surface area contributed by atoms with E-state index in [-0.39, 0.29) is 6.61 Å². The van der Waals surface area contributed by atoms with Gasteiger partial charge in [0, 0.05) is 10.4 Å². The first-order valence-corrected chi connectivity index (χ1v) is 4.94. The van der Waals surface area contributed by atoms with E-state index >= 15 is 0 Å². The summed E-state index contributed by atoms with van der Waals surface area (Å²) in [6.07, 6.45) is 1.80. The minimum atomic E-state index is -0.427. The summed E-state index contributed by atoms with van der Waals surface area (Å²) in [6.45, 7) is 1.93. The van der Waals surface area contributed by atoms with Gasteiger partial charge in [0.2, 0.25) is 0 Å². The number of hydrogen-bond donors (Lipinski definition) is 2. The van der Waals surface area contributed by atoms with Gasteiger partial charge in [-0.05, 0) is 31.2 Å². The number of nitrogens with two attached hydrogens (primary N) is 1. The molecule has 0 saturated heterocycles. The zero-order valence-electron chi connectivity index (χ0n) is 7.29. The molecule has 0 bridgehead atoms. The molecule has 0 spiro atoms. The standard InChI is InChI=1S/C9H15NOS/c1-9(10,7-11)5-4-8-3-2-6-12-8/h2-3,6,11H,4-5,7,10H2,1H3. The van der Waals surface area contributed by atoms with Crippen LogP contribution in [0.25, 0.3) is 0 Å². The van der Waals surface area contributed by atoms with E-state index in [1.807, 2.05) is 13.0 Å². The van der Waals surface area contributed by atoms with E-state index in [0.29, 0.717) is 0 Å². The summed E-state index contributed by atoms with van der Waals surface area (Å²) in [5, 5.41) is 11.0. The first-order valence-electron chi connectivity index (χ1n) is 4.06. The lowest BCUT2D eigenvalue weighted by Crippen LogP contribution is -2.40. The fourth-order valence-corrected chi connectivity index (χ4v) is 1.65. The summed E-state index contributed by atoms with van der Waals surface area (Å²) in [4.78, 5) is 1.33. The maximum atomic E-state index is 8.90. The molecule has 1 aromatic rings. The largest absolute Gasteiger partial charge is 0.394 e. The summed E-state index contributed by atoms with van der Waals surface area (Å²) in [7, 11) is 0. The van der Waals surface area contributed by atoms with Gasteiger partial charge >= 0.3 is 0 Å². The monoisotopic (exact) mass is 185 g/mol. The van der Waals surface area contributed by atoms with Crippen LogP contribution in [0.2, 0.25) is 0 Å². The average molecular weight is 185 g/mol. The molecule has 3 heteroatoms.